The van der Waals surface area contributed by atoms with Crippen molar-refractivity contribution < 1.29 is 23.5 Å². The van der Waals surface area contributed by atoms with E-state index < -0.39 is 24.3 Å². The van der Waals surface area contributed by atoms with Crippen molar-refractivity contribution >= 4 is 33.5 Å². The molecule has 2 aromatic carbocycles. The van der Waals surface area contributed by atoms with Crippen LogP contribution in [-0.4, -0.2) is 25.1 Å². The van der Waals surface area contributed by atoms with Gasteiger partial charge < -0.3 is 14.8 Å². The molecule has 0 unspecified atom stereocenters. The van der Waals surface area contributed by atoms with Crippen LogP contribution < -0.4 is 10.1 Å². The van der Waals surface area contributed by atoms with Crippen LogP contribution >= 0.6 is 15.9 Å². The van der Waals surface area contributed by atoms with Crippen molar-refractivity contribution in [1.82, 2.24) is 0 Å². The number of halogens is 2. The molecule has 126 valence electrons. The fourth-order valence-corrected chi connectivity index (χ4v) is 2.23. The number of amides is 1. The molecule has 0 spiro atoms. The quantitative estimate of drug-likeness (QED) is 0.755. The molecule has 0 aliphatic carbocycles. The van der Waals surface area contributed by atoms with Crippen LogP contribution in [0, 0.1) is 5.82 Å². The lowest BCUT2D eigenvalue weighted by molar-refractivity contribution is -0.118. The number of anilines is 1. The van der Waals surface area contributed by atoms with Crippen LogP contribution in [-0.2, 0) is 9.53 Å². The summed E-state index contributed by atoms with van der Waals surface area (Å²) >= 11 is 3.14. The molecule has 24 heavy (non-hydrogen) atoms. The van der Waals surface area contributed by atoms with Crippen molar-refractivity contribution in [2.75, 3.05) is 18.5 Å². The number of benzene rings is 2. The molecule has 0 atom stereocenters. The minimum atomic E-state index is -0.580. The largest absolute Gasteiger partial charge is 0.481 e. The summed E-state index contributed by atoms with van der Waals surface area (Å²) in [5, 5.41) is 2.55. The van der Waals surface area contributed by atoms with Crippen LogP contribution in [0.3, 0.4) is 0 Å². The molecule has 0 aliphatic heterocycles. The lowest BCUT2D eigenvalue weighted by atomic mass is 10.2. The van der Waals surface area contributed by atoms with Crippen LogP contribution in [0.15, 0.2) is 46.9 Å². The fourth-order valence-electron chi connectivity index (χ4n) is 1.90. The van der Waals surface area contributed by atoms with Gasteiger partial charge in [-0.1, -0.05) is 28.1 Å². The van der Waals surface area contributed by atoms with Gasteiger partial charge in [0.2, 0.25) is 0 Å². The fraction of sp³-hybridized carbons (Fsp3) is 0.176. The van der Waals surface area contributed by atoms with Crippen LogP contribution in [0.4, 0.5) is 10.1 Å². The Morgan fingerprint density at radius 2 is 1.96 bits per heavy atom. The molecule has 0 aliphatic rings. The smallest absolute Gasteiger partial charge is 0.340 e. The molecule has 0 saturated heterocycles. The molecule has 0 heterocycles. The molecule has 2 rings (SSSR count). The average molecular weight is 396 g/mol. The molecular weight excluding hydrogens is 381 g/mol. The molecule has 1 amide bonds. The van der Waals surface area contributed by atoms with Crippen LogP contribution in [0.5, 0.6) is 5.75 Å². The van der Waals surface area contributed by atoms with Crippen LogP contribution in [0.1, 0.15) is 17.3 Å². The van der Waals surface area contributed by atoms with E-state index in [0.29, 0.717) is 10.2 Å². The average Bonchev–Trinajstić information content (AvgIpc) is 2.54. The number of hydrogen-bond donors (Lipinski definition) is 1. The standard InChI is InChI=1S/C17H15BrFNO4/c1-2-23-17(22)12-5-3-4-6-14(12)20-16(21)10-24-15-8-7-11(18)9-13(15)19/h3-9H,2,10H2,1H3,(H,20,21). The molecular formula is C17H15BrFNO4. The summed E-state index contributed by atoms with van der Waals surface area (Å²) in [6.45, 7) is 1.53. The predicted molar refractivity (Wildman–Crippen MR) is 90.6 cm³/mol. The van der Waals surface area contributed by atoms with Crippen molar-refractivity contribution in [1.29, 1.82) is 0 Å². The van der Waals surface area contributed by atoms with Crippen LogP contribution in [0.25, 0.3) is 0 Å². The van der Waals surface area contributed by atoms with Gasteiger partial charge in [0.05, 0.1) is 17.9 Å². The third-order valence-corrected chi connectivity index (χ3v) is 3.44. The highest BCUT2D eigenvalue weighted by Crippen LogP contribution is 2.21. The second-order valence-electron chi connectivity index (χ2n) is 4.68. The summed E-state index contributed by atoms with van der Waals surface area (Å²) in [6.07, 6.45) is 0. The Morgan fingerprint density at radius 1 is 1.21 bits per heavy atom. The number of para-hydroxylation sites is 1. The zero-order chi connectivity index (χ0) is 17.5. The summed E-state index contributed by atoms with van der Waals surface area (Å²) in [5.74, 6) is -1.67. The Hall–Kier alpha value is -2.41. The summed E-state index contributed by atoms with van der Waals surface area (Å²) in [4.78, 5) is 23.8. The van der Waals surface area contributed by atoms with E-state index in [0.717, 1.165) is 0 Å². The van der Waals surface area contributed by atoms with Crippen molar-refractivity contribution in [2.45, 2.75) is 6.92 Å². The minimum absolute atomic E-state index is 0.0352. The first-order valence-electron chi connectivity index (χ1n) is 7.15. The third kappa shape index (κ3) is 4.79. The van der Waals surface area contributed by atoms with Gasteiger partial charge in [-0.05, 0) is 37.3 Å². The third-order valence-electron chi connectivity index (χ3n) is 2.95. The van der Waals surface area contributed by atoms with Gasteiger partial charge in [-0.25, -0.2) is 9.18 Å². The van der Waals surface area contributed by atoms with E-state index in [-0.39, 0.29) is 17.9 Å². The Morgan fingerprint density at radius 3 is 2.67 bits per heavy atom. The first-order valence-corrected chi connectivity index (χ1v) is 7.94. The van der Waals surface area contributed by atoms with Crippen LogP contribution in [0.2, 0.25) is 0 Å². The number of carbonyl (C=O) groups excluding carboxylic acids is 2. The van der Waals surface area contributed by atoms with Crippen molar-refractivity contribution in [3.8, 4) is 5.75 Å². The van der Waals surface area contributed by atoms with Gasteiger partial charge in [0.15, 0.2) is 18.2 Å². The molecule has 0 saturated carbocycles. The Kier molecular flexibility index (Phi) is 6.31. The maximum absolute atomic E-state index is 13.6. The van der Waals surface area contributed by atoms with E-state index in [2.05, 4.69) is 21.2 Å². The highest BCUT2D eigenvalue weighted by Gasteiger charge is 2.14. The van der Waals surface area contributed by atoms with Gasteiger partial charge in [0, 0.05) is 4.47 Å². The number of nitrogens with one attached hydrogen (secondary N) is 1. The summed E-state index contributed by atoms with van der Waals surface area (Å²) in [5.41, 5.74) is 0.545. The number of rotatable bonds is 6. The molecule has 0 fully saturated rings. The Labute approximate surface area is 146 Å². The maximum Gasteiger partial charge on any atom is 0.340 e. The summed E-state index contributed by atoms with van der Waals surface area (Å²) in [7, 11) is 0. The highest BCUT2D eigenvalue weighted by atomic mass is 79.9. The van der Waals surface area contributed by atoms with E-state index in [1.807, 2.05) is 0 Å². The van der Waals surface area contributed by atoms with Crippen molar-refractivity contribution in [2.24, 2.45) is 0 Å². The monoisotopic (exact) mass is 395 g/mol. The molecule has 0 aromatic heterocycles. The molecule has 5 nitrogen and oxygen atoms in total. The van der Waals surface area contributed by atoms with Gasteiger partial charge in [-0.15, -0.1) is 0 Å². The maximum atomic E-state index is 13.6. The topological polar surface area (TPSA) is 64.6 Å². The molecule has 1 N–H and O–H groups in total. The normalized spacial score (nSPS) is 10.1. The van der Waals surface area contributed by atoms with Crippen molar-refractivity contribution in [3.63, 3.8) is 0 Å². The van der Waals surface area contributed by atoms with E-state index >= 15 is 0 Å². The van der Waals surface area contributed by atoms with Crippen molar-refractivity contribution in [3.05, 3.63) is 58.3 Å². The molecule has 7 heteroatoms. The summed E-state index contributed by atoms with van der Waals surface area (Å²) < 4.78 is 24.3. The van der Waals surface area contributed by atoms with E-state index in [9.17, 15) is 14.0 Å². The Bertz CT molecular complexity index is 751. The number of carbonyl (C=O) groups is 2. The van der Waals surface area contributed by atoms with Gasteiger partial charge in [0.1, 0.15) is 0 Å². The van der Waals surface area contributed by atoms with Gasteiger partial charge in [-0.2, -0.15) is 0 Å². The van der Waals surface area contributed by atoms with Gasteiger partial charge in [-0.3, -0.25) is 4.79 Å². The molecule has 0 bridgehead atoms. The van der Waals surface area contributed by atoms with Gasteiger partial charge in [0.25, 0.3) is 5.91 Å². The van der Waals surface area contributed by atoms with E-state index in [4.69, 9.17) is 9.47 Å². The lowest BCUT2D eigenvalue weighted by Crippen LogP contribution is -2.22. The molecule has 2 aromatic rings. The zero-order valence-corrected chi connectivity index (χ0v) is 14.4. The number of ether oxygens (including phenoxy) is 2. The number of esters is 1. The predicted octanol–water partition coefficient (Wildman–Crippen LogP) is 3.78. The highest BCUT2D eigenvalue weighted by molar-refractivity contribution is 9.10. The van der Waals surface area contributed by atoms with E-state index in [1.165, 1.54) is 12.1 Å². The van der Waals surface area contributed by atoms with E-state index in [1.54, 1.807) is 37.3 Å². The first-order chi connectivity index (χ1) is 11.5. The van der Waals surface area contributed by atoms with Gasteiger partial charge >= 0.3 is 5.97 Å². The second kappa shape index (κ2) is 8.44. The Balaban J connectivity index is 2.01. The SMILES string of the molecule is CCOC(=O)c1ccccc1NC(=O)COc1ccc(Br)cc1F. The molecule has 0 radical (unpaired) electrons. The number of hydrogen-bond acceptors (Lipinski definition) is 4. The zero-order valence-electron chi connectivity index (χ0n) is 12.8. The second-order valence-corrected chi connectivity index (χ2v) is 5.59. The minimum Gasteiger partial charge on any atom is -0.481 e. The first kappa shape index (κ1) is 17.9. The summed E-state index contributed by atoms with van der Waals surface area (Å²) in [6, 6.07) is 10.7. The lowest BCUT2D eigenvalue weighted by Gasteiger charge is -2.11.